The van der Waals surface area contributed by atoms with Crippen molar-refractivity contribution < 1.29 is 9.53 Å². The maximum atomic E-state index is 12.9. The van der Waals surface area contributed by atoms with Crippen LogP contribution in [-0.2, 0) is 16.1 Å². The molecule has 1 aromatic carbocycles. The SMILES string of the molecule is CCC(Sc1ncnc2sc(C)c(-c3ccccc3)c12)C(=O)Nc1nnc(COC)s1. The Morgan fingerprint density at radius 3 is 2.74 bits per heavy atom. The van der Waals surface area contributed by atoms with E-state index in [0.29, 0.717) is 18.2 Å². The van der Waals surface area contributed by atoms with Crippen molar-refractivity contribution >= 4 is 55.7 Å². The van der Waals surface area contributed by atoms with Gasteiger partial charge in [-0.25, -0.2) is 9.97 Å². The smallest absolute Gasteiger partial charge is 0.239 e. The van der Waals surface area contributed by atoms with E-state index < -0.39 is 0 Å². The second kappa shape index (κ2) is 9.82. The number of ether oxygens (including phenoxy) is 1. The van der Waals surface area contributed by atoms with Crippen LogP contribution in [0.1, 0.15) is 23.2 Å². The summed E-state index contributed by atoms with van der Waals surface area (Å²) < 4.78 is 5.06. The summed E-state index contributed by atoms with van der Waals surface area (Å²) in [5, 5.41) is 13.6. The van der Waals surface area contributed by atoms with E-state index in [2.05, 4.69) is 44.5 Å². The number of fused-ring (bicyclic) bond motifs is 1. The summed E-state index contributed by atoms with van der Waals surface area (Å²) in [5.41, 5.74) is 2.26. The third kappa shape index (κ3) is 4.77. The van der Waals surface area contributed by atoms with Gasteiger partial charge in [0.2, 0.25) is 11.0 Å². The number of methoxy groups -OCH3 is 1. The molecule has 160 valence electrons. The fourth-order valence-electron chi connectivity index (χ4n) is 3.19. The molecule has 1 amide bonds. The molecule has 1 N–H and O–H groups in total. The Morgan fingerprint density at radius 1 is 1.19 bits per heavy atom. The van der Waals surface area contributed by atoms with Crippen LogP contribution in [0.3, 0.4) is 0 Å². The number of nitrogens with one attached hydrogen (secondary N) is 1. The van der Waals surface area contributed by atoms with Gasteiger partial charge in [-0.1, -0.05) is 60.4 Å². The summed E-state index contributed by atoms with van der Waals surface area (Å²) in [4.78, 5) is 24.1. The number of anilines is 1. The van der Waals surface area contributed by atoms with Crippen LogP contribution in [-0.4, -0.2) is 38.4 Å². The van der Waals surface area contributed by atoms with E-state index in [1.807, 2.05) is 25.1 Å². The van der Waals surface area contributed by atoms with Crippen molar-refractivity contribution in [3.8, 4) is 11.1 Å². The van der Waals surface area contributed by atoms with Gasteiger partial charge in [0.15, 0.2) is 0 Å². The lowest BCUT2D eigenvalue weighted by molar-refractivity contribution is -0.115. The van der Waals surface area contributed by atoms with Gasteiger partial charge in [-0.3, -0.25) is 10.1 Å². The zero-order chi connectivity index (χ0) is 21.8. The van der Waals surface area contributed by atoms with Gasteiger partial charge in [0.25, 0.3) is 0 Å². The minimum absolute atomic E-state index is 0.118. The van der Waals surface area contributed by atoms with Crippen molar-refractivity contribution in [2.75, 3.05) is 12.4 Å². The molecule has 3 aromatic heterocycles. The van der Waals surface area contributed by atoms with Gasteiger partial charge >= 0.3 is 0 Å². The summed E-state index contributed by atoms with van der Waals surface area (Å²) in [6.07, 6.45) is 2.22. The number of hydrogen-bond donors (Lipinski definition) is 1. The topological polar surface area (TPSA) is 89.9 Å². The number of nitrogens with zero attached hydrogens (tertiary/aromatic N) is 4. The van der Waals surface area contributed by atoms with Crippen LogP contribution in [0.5, 0.6) is 0 Å². The number of benzene rings is 1. The first-order chi connectivity index (χ1) is 15.1. The van der Waals surface area contributed by atoms with Crippen molar-refractivity contribution in [3.63, 3.8) is 0 Å². The van der Waals surface area contributed by atoms with Crippen LogP contribution < -0.4 is 5.32 Å². The Labute approximate surface area is 192 Å². The molecule has 4 rings (SSSR count). The lowest BCUT2D eigenvalue weighted by atomic mass is 10.0. The van der Waals surface area contributed by atoms with E-state index in [4.69, 9.17) is 4.74 Å². The molecule has 1 atom stereocenters. The fourth-order valence-corrected chi connectivity index (χ4v) is 6.01. The number of hydrogen-bond acceptors (Lipinski definition) is 9. The van der Waals surface area contributed by atoms with E-state index in [-0.39, 0.29) is 11.2 Å². The molecular formula is C21H21N5O2S3. The van der Waals surface area contributed by atoms with Gasteiger partial charge < -0.3 is 4.74 Å². The molecule has 0 aliphatic carbocycles. The van der Waals surface area contributed by atoms with Crippen molar-refractivity contribution in [2.45, 2.75) is 37.2 Å². The van der Waals surface area contributed by atoms with Crippen molar-refractivity contribution in [1.29, 1.82) is 0 Å². The summed E-state index contributed by atoms with van der Waals surface area (Å²) in [5.74, 6) is -0.118. The summed E-state index contributed by atoms with van der Waals surface area (Å²) >= 11 is 4.42. The lowest BCUT2D eigenvalue weighted by Gasteiger charge is -2.14. The third-order valence-electron chi connectivity index (χ3n) is 4.57. The molecule has 31 heavy (non-hydrogen) atoms. The average molecular weight is 472 g/mol. The number of thioether (sulfide) groups is 1. The number of rotatable bonds is 8. The Balaban J connectivity index is 1.62. The number of carbonyl (C=O) groups is 1. The molecule has 0 bridgehead atoms. The van der Waals surface area contributed by atoms with Crippen molar-refractivity contribution in [2.24, 2.45) is 0 Å². The minimum Gasteiger partial charge on any atom is -0.377 e. The first-order valence-electron chi connectivity index (χ1n) is 9.69. The molecular weight excluding hydrogens is 450 g/mol. The van der Waals surface area contributed by atoms with Crippen molar-refractivity contribution in [1.82, 2.24) is 20.2 Å². The van der Waals surface area contributed by atoms with Crippen molar-refractivity contribution in [3.05, 3.63) is 46.5 Å². The lowest BCUT2D eigenvalue weighted by Crippen LogP contribution is -2.24. The van der Waals surface area contributed by atoms with E-state index in [0.717, 1.165) is 31.4 Å². The highest BCUT2D eigenvalue weighted by molar-refractivity contribution is 8.00. The summed E-state index contributed by atoms with van der Waals surface area (Å²) in [6.45, 7) is 4.46. The Morgan fingerprint density at radius 2 is 2.00 bits per heavy atom. The molecule has 0 aliphatic rings. The normalized spacial score (nSPS) is 12.2. The standard InChI is InChI=1S/C21H21N5O2S3/c1-4-14(18(27)24-21-26-25-15(31-21)10-28-3)30-20-17-16(13-8-6-5-7-9-13)12(2)29-19(17)22-11-23-20/h5-9,11,14H,4,10H2,1-3H3,(H,24,26,27). The van der Waals surface area contributed by atoms with Crippen LogP contribution in [0, 0.1) is 6.92 Å². The maximum Gasteiger partial charge on any atom is 0.239 e. The highest BCUT2D eigenvalue weighted by atomic mass is 32.2. The molecule has 0 spiro atoms. The van der Waals surface area contributed by atoms with Crippen LogP contribution in [0.25, 0.3) is 21.3 Å². The molecule has 3 heterocycles. The quantitative estimate of drug-likeness (QED) is 0.280. The fraction of sp³-hybridized carbons (Fsp3) is 0.286. The van der Waals surface area contributed by atoms with Crippen LogP contribution in [0.4, 0.5) is 5.13 Å². The molecule has 0 aliphatic heterocycles. The monoisotopic (exact) mass is 471 g/mol. The Kier molecular flexibility index (Phi) is 6.91. The van der Waals surface area contributed by atoms with Crippen LogP contribution >= 0.6 is 34.4 Å². The second-order valence-corrected chi connectivity index (χ2v) is 10.2. The average Bonchev–Trinajstić information content (AvgIpc) is 3.36. The van der Waals surface area contributed by atoms with E-state index >= 15 is 0 Å². The molecule has 10 heteroatoms. The first-order valence-corrected chi connectivity index (χ1v) is 12.2. The van der Waals surface area contributed by atoms with Gasteiger partial charge in [0.05, 0.1) is 10.6 Å². The second-order valence-electron chi connectivity index (χ2n) is 6.70. The summed E-state index contributed by atoms with van der Waals surface area (Å²) in [6, 6.07) is 10.2. The highest BCUT2D eigenvalue weighted by Crippen LogP contribution is 2.42. The predicted octanol–water partition coefficient (Wildman–Crippen LogP) is 5.17. The number of thiophene rings is 1. The van der Waals surface area contributed by atoms with Gasteiger partial charge in [-0.2, -0.15) is 0 Å². The molecule has 1 unspecified atom stereocenters. The molecule has 7 nitrogen and oxygen atoms in total. The predicted molar refractivity (Wildman–Crippen MR) is 127 cm³/mol. The first kappa shape index (κ1) is 21.8. The van der Waals surface area contributed by atoms with E-state index in [1.165, 1.54) is 28.0 Å². The molecule has 4 aromatic rings. The highest BCUT2D eigenvalue weighted by Gasteiger charge is 2.24. The maximum absolute atomic E-state index is 12.9. The number of aromatic nitrogens is 4. The minimum atomic E-state index is -0.322. The largest absolute Gasteiger partial charge is 0.377 e. The zero-order valence-corrected chi connectivity index (χ0v) is 19.7. The molecule has 0 radical (unpaired) electrons. The van der Waals surface area contributed by atoms with Gasteiger partial charge in [-0.05, 0) is 18.9 Å². The third-order valence-corrected chi connectivity index (χ3v) is 7.76. The Bertz CT molecular complexity index is 1190. The van der Waals surface area contributed by atoms with Gasteiger partial charge in [0, 0.05) is 17.6 Å². The number of carbonyl (C=O) groups excluding carboxylic acids is 1. The van der Waals surface area contributed by atoms with Crippen LogP contribution in [0.2, 0.25) is 0 Å². The van der Waals surface area contributed by atoms with E-state index in [1.54, 1.807) is 24.8 Å². The van der Waals surface area contributed by atoms with E-state index in [9.17, 15) is 4.79 Å². The molecule has 0 saturated carbocycles. The molecule has 0 fully saturated rings. The van der Waals surface area contributed by atoms with Gasteiger partial charge in [-0.15, -0.1) is 21.5 Å². The summed E-state index contributed by atoms with van der Waals surface area (Å²) in [7, 11) is 1.60. The number of amides is 1. The van der Waals surface area contributed by atoms with Crippen LogP contribution in [0.15, 0.2) is 41.7 Å². The Hall–Kier alpha value is -2.40. The number of aryl methyl sites for hydroxylation is 1. The van der Waals surface area contributed by atoms with Gasteiger partial charge in [0.1, 0.15) is 27.8 Å². The zero-order valence-electron chi connectivity index (χ0n) is 17.3. The molecule has 0 saturated heterocycles.